The summed E-state index contributed by atoms with van der Waals surface area (Å²) in [7, 11) is 2.55. The van der Waals surface area contributed by atoms with Crippen molar-refractivity contribution in [1.82, 2.24) is 4.90 Å². The van der Waals surface area contributed by atoms with E-state index in [-0.39, 0.29) is 19.4 Å². The van der Waals surface area contributed by atoms with Gasteiger partial charge in [0.2, 0.25) is 5.91 Å². The number of carbonyl (C=O) groups is 2. The van der Waals surface area contributed by atoms with Crippen molar-refractivity contribution in [3.8, 4) is 0 Å². The summed E-state index contributed by atoms with van der Waals surface area (Å²) in [5.41, 5.74) is 0. The smallest absolute Gasteiger partial charge is 0.306 e. The second-order valence-electron chi connectivity index (χ2n) is 4.65. The highest BCUT2D eigenvalue weighted by molar-refractivity contribution is 5.81. The van der Waals surface area contributed by atoms with Crippen LogP contribution >= 0.6 is 0 Å². The molecule has 0 saturated carbocycles. The highest BCUT2D eigenvalue weighted by Gasteiger charge is 2.31. The summed E-state index contributed by atoms with van der Waals surface area (Å²) in [5, 5.41) is 46.5. The van der Waals surface area contributed by atoms with E-state index in [0.717, 1.165) is 4.90 Å². The molecule has 0 aliphatic heterocycles. The Morgan fingerprint density at radius 2 is 1.57 bits per heavy atom. The van der Waals surface area contributed by atoms with E-state index in [4.69, 9.17) is 10.2 Å². The van der Waals surface area contributed by atoms with Crippen LogP contribution in [0, 0.1) is 0 Å². The number of aliphatic hydroxyl groups is 5. The van der Waals surface area contributed by atoms with E-state index < -0.39 is 42.9 Å². The van der Waals surface area contributed by atoms with E-state index in [2.05, 4.69) is 4.74 Å². The SMILES string of the molecule is COC(=O)CCC(=O)N(C)CC(O)C(O)C(O)C(O)CO. The number of esters is 1. The number of methoxy groups -OCH3 is 1. The molecule has 1 amide bonds. The number of amides is 1. The summed E-state index contributed by atoms with van der Waals surface area (Å²) in [6, 6.07) is 0. The Morgan fingerprint density at radius 1 is 1.05 bits per heavy atom. The Morgan fingerprint density at radius 3 is 2.05 bits per heavy atom. The molecule has 0 aromatic rings. The summed E-state index contributed by atoms with van der Waals surface area (Å²) < 4.78 is 4.39. The Hall–Kier alpha value is -1.26. The highest BCUT2D eigenvalue weighted by Crippen LogP contribution is 2.07. The number of rotatable bonds is 9. The van der Waals surface area contributed by atoms with Gasteiger partial charge in [-0.15, -0.1) is 0 Å². The third kappa shape index (κ3) is 6.82. The average molecular weight is 309 g/mol. The second-order valence-corrected chi connectivity index (χ2v) is 4.65. The number of aliphatic hydroxyl groups excluding tert-OH is 5. The molecule has 5 N–H and O–H groups in total. The zero-order valence-electron chi connectivity index (χ0n) is 12.0. The summed E-state index contributed by atoms with van der Waals surface area (Å²) in [5.74, 6) is -0.998. The molecule has 0 aliphatic carbocycles. The van der Waals surface area contributed by atoms with E-state index in [1.807, 2.05) is 0 Å². The van der Waals surface area contributed by atoms with Crippen LogP contribution < -0.4 is 0 Å². The summed E-state index contributed by atoms with van der Waals surface area (Å²) >= 11 is 0. The fourth-order valence-electron chi connectivity index (χ4n) is 1.56. The van der Waals surface area contributed by atoms with Gasteiger partial charge in [-0.1, -0.05) is 0 Å². The van der Waals surface area contributed by atoms with Crippen LogP contribution in [0.4, 0.5) is 0 Å². The number of nitrogens with zero attached hydrogens (tertiary/aromatic N) is 1. The number of carbonyl (C=O) groups excluding carboxylic acids is 2. The van der Waals surface area contributed by atoms with Crippen LogP contribution in [0.1, 0.15) is 12.8 Å². The minimum atomic E-state index is -1.75. The first-order valence-corrected chi connectivity index (χ1v) is 6.38. The molecule has 0 bridgehead atoms. The molecule has 124 valence electrons. The van der Waals surface area contributed by atoms with E-state index in [0.29, 0.717) is 0 Å². The standard InChI is InChI=1S/C12H23NO8/c1-13(9(17)3-4-10(18)21-2)5-7(15)11(19)12(20)8(16)6-14/h7-8,11-12,14-16,19-20H,3-6H2,1-2H3. The quantitative estimate of drug-likeness (QED) is 0.280. The summed E-state index contributed by atoms with van der Waals surface area (Å²) in [6.45, 7) is -1.09. The van der Waals surface area contributed by atoms with Gasteiger partial charge >= 0.3 is 5.97 Å². The van der Waals surface area contributed by atoms with Crippen molar-refractivity contribution in [1.29, 1.82) is 0 Å². The lowest BCUT2D eigenvalue weighted by molar-refractivity contribution is -0.145. The third-order valence-corrected chi connectivity index (χ3v) is 2.98. The van der Waals surface area contributed by atoms with Crippen LogP contribution in [0.3, 0.4) is 0 Å². The second kappa shape index (κ2) is 9.64. The van der Waals surface area contributed by atoms with Crippen LogP contribution in [-0.2, 0) is 14.3 Å². The van der Waals surface area contributed by atoms with Gasteiger partial charge in [-0.2, -0.15) is 0 Å². The molecule has 0 aromatic carbocycles. The molecular formula is C12H23NO8. The lowest BCUT2D eigenvalue weighted by Gasteiger charge is -2.28. The molecule has 21 heavy (non-hydrogen) atoms. The topological polar surface area (TPSA) is 148 Å². The van der Waals surface area contributed by atoms with E-state index >= 15 is 0 Å². The summed E-state index contributed by atoms with van der Waals surface area (Å²) in [6.07, 6.45) is -6.83. The van der Waals surface area contributed by atoms with E-state index in [9.17, 15) is 24.9 Å². The average Bonchev–Trinajstić information content (AvgIpc) is 2.49. The first kappa shape index (κ1) is 19.7. The van der Waals surface area contributed by atoms with Crippen molar-refractivity contribution in [3.63, 3.8) is 0 Å². The van der Waals surface area contributed by atoms with Crippen LogP contribution in [0.15, 0.2) is 0 Å². The van der Waals surface area contributed by atoms with Gasteiger partial charge in [0.25, 0.3) is 0 Å². The molecule has 0 fully saturated rings. The van der Waals surface area contributed by atoms with Crippen molar-refractivity contribution in [2.75, 3.05) is 27.3 Å². The maximum atomic E-state index is 11.7. The van der Waals surface area contributed by atoms with Gasteiger partial charge in [0, 0.05) is 20.0 Å². The van der Waals surface area contributed by atoms with Crippen molar-refractivity contribution >= 4 is 11.9 Å². The molecule has 9 heteroatoms. The van der Waals surface area contributed by atoms with Gasteiger partial charge < -0.3 is 35.2 Å². The Bertz CT molecular complexity index is 337. The predicted octanol–water partition coefficient (Wildman–Crippen LogP) is -3.17. The van der Waals surface area contributed by atoms with Gasteiger partial charge in [-0.25, -0.2) is 0 Å². The van der Waals surface area contributed by atoms with Gasteiger partial charge in [0.15, 0.2) is 0 Å². The maximum absolute atomic E-state index is 11.7. The predicted molar refractivity (Wildman–Crippen MR) is 70.0 cm³/mol. The zero-order valence-corrected chi connectivity index (χ0v) is 12.0. The first-order chi connectivity index (χ1) is 9.74. The molecule has 4 atom stereocenters. The summed E-state index contributed by atoms with van der Waals surface area (Å²) in [4.78, 5) is 23.6. The molecule has 9 nitrogen and oxygen atoms in total. The lowest BCUT2D eigenvalue weighted by Crippen LogP contribution is -2.50. The Labute approximate surface area is 122 Å². The van der Waals surface area contributed by atoms with Gasteiger partial charge in [0.05, 0.1) is 20.1 Å². The van der Waals surface area contributed by atoms with E-state index in [1.54, 1.807) is 0 Å². The van der Waals surface area contributed by atoms with Crippen molar-refractivity contribution in [2.24, 2.45) is 0 Å². The van der Waals surface area contributed by atoms with Crippen molar-refractivity contribution in [2.45, 2.75) is 37.3 Å². The van der Waals surface area contributed by atoms with Crippen molar-refractivity contribution < 1.29 is 39.9 Å². The van der Waals surface area contributed by atoms with Crippen LogP contribution in [0.5, 0.6) is 0 Å². The minimum absolute atomic E-state index is 0.107. The van der Waals surface area contributed by atoms with Gasteiger partial charge in [-0.3, -0.25) is 9.59 Å². The Kier molecular flexibility index (Phi) is 9.06. The monoisotopic (exact) mass is 309 g/mol. The zero-order chi connectivity index (χ0) is 16.6. The van der Waals surface area contributed by atoms with Crippen LogP contribution in [0.25, 0.3) is 0 Å². The molecule has 0 rings (SSSR count). The molecule has 0 aromatic heterocycles. The van der Waals surface area contributed by atoms with Gasteiger partial charge in [-0.05, 0) is 0 Å². The lowest BCUT2D eigenvalue weighted by atomic mass is 10.0. The maximum Gasteiger partial charge on any atom is 0.306 e. The van der Waals surface area contributed by atoms with Gasteiger partial charge in [0.1, 0.15) is 24.4 Å². The number of hydrogen-bond acceptors (Lipinski definition) is 8. The normalized spacial score (nSPS) is 16.7. The molecule has 0 heterocycles. The minimum Gasteiger partial charge on any atom is -0.469 e. The number of hydrogen-bond donors (Lipinski definition) is 5. The number of likely N-dealkylation sites (N-methyl/N-ethyl adjacent to an activating group) is 1. The molecule has 0 aliphatic rings. The molecule has 4 unspecified atom stereocenters. The number of ether oxygens (including phenoxy) is 1. The molecular weight excluding hydrogens is 286 g/mol. The largest absolute Gasteiger partial charge is 0.469 e. The molecule has 0 saturated heterocycles. The third-order valence-electron chi connectivity index (χ3n) is 2.98. The van der Waals surface area contributed by atoms with Crippen LogP contribution in [-0.4, -0.2) is 94.0 Å². The van der Waals surface area contributed by atoms with Crippen LogP contribution in [0.2, 0.25) is 0 Å². The molecule has 0 spiro atoms. The fraction of sp³-hybridized carbons (Fsp3) is 0.833. The molecule has 0 radical (unpaired) electrons. The van der Waals surface area contributed by atoms with Crippen molar-refractivity contribution in [3.05, 3.63) is 0 Å². The first-order valence-electron chi connectivity index (χ1n) is 6.38. The fourth-order valence-corrected chi connectivity index (χ4v) is 1.56. The Balaban J connectivity index is 4.32. The van der Waals surface area contributed by atoms with E-state index in [1.165, 1.54) is 14.2 Å². The highest BCUT2D eigenvalue weighted by atomic mass is 16.5.